The van der Waals surface area contributed by atoms with Crippen LogP contribution >= 0.6 is 0 Å². The number of amides is 2. The highest BCUT2D eigenvalue weighted by molar-refractivity contribution is 5.89. The number of ether oxygens (including phenoxy) is 2. The molecule has 0 bridgehead atoms. The molecule has 1 saturated heterocycles. The minimum Gasteiger partial charge on any atom is -0.350 e. The van der Waals surface area contributed by atoms with E-state index in [1.165, 1.54) is 0 Å². The van der Waals surface area contributed by atoms with Crippen molar-refractivity contribution in [3.05, 3.63) is 0 Å². The molecule has 15 heavy (non-hydrogen) atoms. The molecular formula is C10H17NO4. The van der Waals surface area contributed by atoms with Gasteiger partial charge in [-0.2, -0.15) is 0 Å². The van der Waals surface area contributed by atoms with Crippen LogP contribution in [0.4, 0.5) is 0 Å². The molecule has 0 spiro atoms. The minimum absolute atomic E-state index is 0.365. The van der Waals surface area contributed by atoms with Crippen LogP contribution in [0.25, 0.3) is 0 Å². The first kappa shape index (κ1) is 12.1. The number of carbonyl (C=O) groups excluding carboxylic acids is 2. The van der Waals surface area contributed by atoms with E-state index in [1.807, 2.05) is 13.8 Å². The highest BCUT2D eigenvalue weighted by Crippen LogP contribution is 2.34. The fourth-order valence-electron chi connectivity index (χ4n) is 1.46. The molecule has 0 radical (unpaired) electrons. The maximum Gasteiger partial charge on any atom is 0.256 e. The summed E-state index contributed by atoms with van der Waals surface area (Å²) in [5, 5.41) is 2.11. The van der Waals surface area contributed by atoms with Crippen molar-refractivity contribution in [1.29, 1.82) is 0 Å². The van der Waals surface area contributed by atoms with Gasteiger partial charge in [-0.25, -0.2) is 0 Å². The Morgan fingerprint density at radius 1 is 1.40 bits per heavy atom. The van der Waals surface area contributed by atoms with E-state index in [9.17, 15) is 9.59 Å². The molecule has 1 unspecified atom stereocenters. The Labute approximate surface area is 89.1 Å². The highest BCUT2D eigenvalue weighted by Gasteiger charge is 2.45. The van der Waals surface area contributed by atoms with Crippen LogP contribution in [-0.4, -0.2) is 30.8 Å². The molecule has 5 heteroatoms. The van der Waals surface area contributed by atoms with E-state index in [2.05, 4.69) is 5.32 Å². The van der Waals surface area contributed by atoms with Gasteiger partial charge in [0.25, 0.3) is 5.91 Å². The molecule has 1 fully saturated rings. The first-order valence-electron chi connectivity index (χ1n) is 4.84. The van der Waals surface area contributed by atoms with Gasteiger partial charge < -0.3 is 9.47 Å². The molecule has 0 saturated carbocycles. The molecule has 1 atom stereocenters. The van der Waals surface area contributed by atoms with Crippen molar-refractivity contribution in [2.24, 2.45) is 5.41 Å². The molecule has 1 aliphatic rings. The Hall–Kier alpha value is -0.940. The summed E-state index contributed by atoms with van der Waals surface area (Å²) in [5.74, 6) is -1.22. The van der Waals surface area contributed by atoms with E-state index >= 15 is 0 Å². The number of imide groups is 1. The maximum atomic E-state index is 11.6. The molecule has 0 aromatic heterocycles. The van der Waals surface area contributed by atoms with Gasteiger partial charge in [-0.3, -0.25) is 14.9 Å². The lowest BCUT2D eigenvalue weighted by atomic mass is 9.85. The van der Waals surface area contributed by atoms with E-state index < -0.39 is 23.2 Å². The van der Waals surface area contributed by atoms with Gasteiger partial charge in [0.05, 0.1) is 6.61 Å². The summed E-state index contributed by atoms with van der Waals surface area (Å²) >= 11 is 0. The zero-order valence-corrected chi connectivity index (χ0v) is 9.49. The summed E-state index contributed by atoms with van der Waals surface area (Å²) in [6, 6.07) is 0. The van der Waals surface area contributed by atoms with Crippen molar-refractivity contribution in [3.8, 4) is 0 Å². The third-order valence-electron chi connectivity index (χ3n) is 2.34. The molecule has 1 rings (SSSR count). The highest BCUT2D eigenvalue weighted by atomic mass is 16.7. The second-order valence-electron chi connectivity index (χ2n) is 4.80. The fourth-order valence-corrected chi connectivity index (χ4v) is 1.46. The van der Waals surface area contributed by atoms with Gasteiger partial charge in [0.2, 0.25) is 6.41 Å². The lowest BCUT2D eigenvalue weighted by molar-refractivity contribution is -0.304. The summed E-state index contributed by atoms with van der Waals surface area (Å²) in [4.78, 5) is 21.8. The normalized spacial score (nSPS) is 28.1. The van der Waals surface area contributed by atoms with Crippen molar-refractivity contribution in [2.75, 3.05) is 6.61 Å². The smallest absolute Gasteiger partial charge is 0.256 e. The molecule has 5 nitrogen and oxygen atoms in total. The lowest BCUT2D eigenvalue weighted by Gasteiger charge is -2.44. The van der Waals surface area contributed by atoms with E-state index in [0.717, 1.165) is 0 Å². The van der Waals surface area contributed by atoms with Gasteiger partial charge in [-0.1, -0.05) is 13.8 Å². The Balaban J connectivity index is 2.81. The Morgan fingerprint density at radius 2 is 2.00 bits per heavy atom. The van der Waals surface area contributed by atoms with Gasteiger partial charge in [0.1, 0.15) is 6.10 Å². The van der Waals surface area contributed by atoms with E-state index in [0.29, 0.717) is 13.0 Å². The van der Waals surface area contributed by atoms with Crippen LogP contribution in [0, 0.1) is 5.41 Å². The molecule has 0 aromatic rings. The number of hydrogen-bond acceptors (Lipinski definition) is 4. The van der Waals surface area contributed by atoms with Gasteiger partial charge >= 0.3 is 0 Å². The first-order chi connectivity index (χ1) is 6.78. The average molecular weight is 215 g/mol. The van der Waals surface area contributed by atoms with E-state index in [-0.39, 0.29) is 0 Å². The molecule has 0 aliphatic carbocycles. The Bertz CT molecular complexity index is 273. The second kappa shape index (κ2) is 3.90. The third kappa shape index (κ3) is 2.76. The molecule has 86 valence electrons. The van der Waals surface area contributed by atoms with Crippen LogP contribution < -0.4 is 5.32 Å². The molecule has 2 amide bonds. The van der Waals surface area contributed by atoms with Crippen molar-refractivity contribution in [2.45, 2.75) is 39.6 Å². The summed E-state index contributed by atoms with van der Waals surface area (Å²) in [7, 11) is 0. The van der Waals surface area contributed by atoms with Crippen LogP contribution in [0.2, 0.25) is 0 Å². The first-order valence-corrected chi connectivity index (χ1v) is 4.84. The van der Waals surface area contributed by atoms with Gasteiger partial charge in [-0.15, -0.1) is 0 Å². The van der Waals surface area contributed by atoms with Gasteiger partial charge in [0, 0.05) is 5.41 Å². The fraction of sp³-hybridized carbons (Fsp3) is 0.800. The SMILES string of the molecule is CC1(C)OCC(C)(C)C(C(=O)NC=O)O1. The van der Waals surface area contributed by atoms with Gasteiger partial charge in [-0.05, 0) is 13.8 Å². The predicted octanol–water partition coefficient (Wildman–Crippen LogP) is 0.437. The van der Waals surface area contributed by atoms with Crippen molar-refractivity contribution in [3.63, 3.8) is 0 Å². The number of carbonyl (C=O) groups is 2. The molecule has 1 heterocycles. The van der Waals surface area contributed by atoms with Crippen molar-refractivity contribution < 1.29 is 19.1 Å². The quantitative estimate of drug-likeness (QED) is 0.679. The molecule has 0 aromatic carbocycles. The van der Waals surface area contributed by atoms with Crippen LogP contribution in [0.3, 0.4) is 0 Å². The van der Waals surface area contributed by atoms with Crippen LogP contribution in [0.1, 0.15) is 27.7 Å². The van der Waals surface area contributed by atoms with E-state index in [1.54, 1.807) is 13.8 Å². The zero-order valence-electron chi connectivity index (χ0n) is 9.49. The van der Waals surface area contributed by atoms with Crippen LogP contribution in [-0.2, 0) is 19.1 Å². The Kier molecular flexibility index (Phi) is 3.16. The number of nitrogens with one attached hydrogen (secondary N) is 1. The van der Waals surface area contributed by atoms with Gasteiger partial charge in [0.15, 0.2) is 5.79 Å². The number of rotatable bonds is 2. The van der Waals surface area contributed by atoms with Crippen molar-refractivity contribution >= 4 is 12.3 Å². The average Bonchev–Trinajstić information content (AvgIpc) is 2.10. The summed E-state index contributed by atoms with van der Waals surface area (Å²) in [6.45, 7) is 7.61. The summed E-state index contributed by atoms with van der Waals surface area (Å²) in [5.41, 5.74) is -0.442. The summed E-state index contributed by atoms with van der Waals surface area (Å²) < 4.78 is 11.0. The largest absolute Gasteiger partial charge is 0.350 e. The zero-order chi connectivity index (χ0) is 11.7. The van der Waals surface area contributed by atoms with Crippen LogP contribution in [0.5, 0.6) is 0 Å². The molecule has 1 N–H and O–H groups in total. The summed E-state index contributed by atoms with van der Waals surface area (Å²) in [6.07, 6.45) is -0.309. The molecular weight excluding hydrogens is 198 g/mol. The molecule has 1 aliphatic heterocycles. The Morgan fingerprint density at radius 3 is 2.53 bits per heavy atom. The topological polar surface area (TPSA) is 64.6 Å². The monoisotopic (exact) mass is 215 g/mol. The van der Waals surface area contributed by atoms with Crippen molar-refractivity contribution in [1.82, 2.24) is 5.32 Å². The third-order valence-corrected chi connectivity index (χ3v) is 2.34. The predicted molar refractivity (Wildman–Crippen MR) is 52.9 cm³/mol. The number of hydrogen-bond donors (Lipinski definition) is 1. The standard InChI is InChI=1S/C10H17NO4/c1-9(2)5-14-10(3,4)15-7(9)8(13)11-6-12/h6-7H,5H2,1-4H3,(H,11,12,13). The van der Waals surface area contributed by atoms with Crippen LogP contribution in [0.15, 0.2) is 0 Å². The minimum atomic E-state index is -0.791. The lowest BCUT2D eigenvalue weighted by Crippen LogP contribution is -2.56. The second-order valence-corrected chi connectivity index (χ2v) is 4.80. The maximum absolute atomic E-state index is 11.6. The van der Waals surface area contributed by atoms with E-state index in [4.69, 9.17) is 9.47 Å².